The van der Waals surface area contributed by atoms with Gasteiger partial charge in [-0.3, -0.25) is 4.79 Å². The van der Waals surface area contributed by atoms with Gasteiger partial charge in [0.2, 0.25) is 0 Å². The fourth-order valence-electron chi connectivity index (χ4n) is 2.09. The molecule has 7 nitrogen and oxygen atoms in total. The highest BCUT2D eigenvalue weighted by Gasteiger charge is 2.23. The summed E-state index contributed by atoms with van der Waals surface area (Å²) in [6, 6.07) is 5.04. The van der Waals surface area contributed by atoms with Gasteiger partial charge < -0.3 is 10.1 Å². The Balaban J connectivity index is 2.10. The fourth-order valence-corrected chi connectivity index (χ4v) is 2.09. The van der Waals surface area contributed by atoms with Crippen LogP contribution in [0.15, 0.2) is 18.2 Å². The second-order valence-corrected chi connectivity index (χ2v) is 6.40. The van der Waals surface area contributed by atoms with E-state index in [0.717, 1.165) is 5.52 Å². The van der Waals surface area contributed by atoms with Crippen molar-refractivity contribution >= 4 is 22.9 Å². The van der Waals surface area contributed by atoms with Gasteiger partial charge in [0, 0.05) is 12.1 Å². The number of aromatic nitrogens is 3. The van der Waals surface area contributed by atoms with Crippen molar-refractivity contribution in [1.29, 1.82) is 0 Å². The molecule has 1 amide bonds. The molecule has 0 fully saturated rings. The van der Waals surface area contributed by atoms with Crippen LogP contribution in [0.5, 0.6) is 0 Å². The van der Waals surface area contributed by atoms with E-state index in [1.54, 1.807) is 29.8 Å². The number of esters is 1. The van der Waals surface area contributed by atoms with Gasteiger partial charge in [-0.15, -0.1) is 5.10 Å². The van der Waals surface area contributed by atoms with Gasteiger partial charge in [0.1, 0.15) is 5.52 Å². The molecule has 0 saturated heterocycles. The average molecular weight is 318 g/mol. The van der Waals surface area contributed by atoms with Crippen LogP contribution < -0.4 is 5.32 Å². The Labute approximate surface area is 135 Å². The zero-order valence-electron chi connectivity index (χ0n) is 14.1. The summed E-state index contributed by atoms with van der Waals surface area (Å²) in [6.07, 6.45) is -0.872. The number of rotatable bonds is 4. The number of aryl methyl sites for hydroxylation is 1. The lowest BCUT2D eigenvalue weighted by Crippen LogP contribution is -2.46. The lowest BCUT2D eigenvalue weighted by atomic mass is 10.1. The zero-order valence-corrected chi connectivity index (χ0v) is 14.1. The Morgan fingerprint density at radius 1 is 1.35 bits per heavy atom. The molecule has 7 heteroatoms. The Morgan fingerprint density at radius 2 is 2.04 bits per heavy atom. The van der Waals surface area contributed by atoms with Crippen molar-refractivity contribution < 1.29 is 14.3 Å². The highest BCUT2D eigenvalue weighted by Crippen LogP contribution is 2.15. The predicted molar refractivity (Wildman–Crippen MR) is 86.0 cm³/mol. The Morgan fingerprint density at radius 3 is 2.65 bits per heavy atom. The molecule has 1 N–H and O–H groups in total. The fraction of sp³-hybridized carbons (Fsp3) is 0.500. The standard InChI is InChI=1S/C16H22N4O3/c1-6-20-13-8-7-11(9-12(13)18-19-20)15(22)23-10(2)14(21)17-16(3,4)5/h7-10H,6H2,1-5H3,(H,17,21)/t10-/m1/s1. The first-order chi connectivity index (χ1) is 10.7. The number of hydrogen-bond acceptors (Lipinski definition) is 5. The molecule has 0 spiro atoms. The molecule has 124 valence electrons. The van der Waals surface area contributed by atoms with Crippen LogP contribution in [0.4, 0.5) is 0 Å². The molecule has 0 aliphatic heterocycles. The molecular weight excluding hydrogens is 296 g/mol. The Hall–Kier alpha value is -2.44. The second-order valence-electron chi connectivity index (χ2n) is 6.40. The van der Waals surface area contributed by atoms with Gasteiger partial charge in [-0.05, 0) is 52.8 Å². The molecule has 2 aromatic rings. The lowest BCUT2D eigenvalue weighted by Gasteiger charge is -2.23. The molecule has 1 aromatic carbocycles. The summed E-state index contributed by atoms with van der Waals surface area (Å²) in [4.78, 5) is 24.2. The van der Waals surface area contributed by atoms with Crippen LogP contribution in [0.2, 0.25) is 0 Å². The quantitative estimate of drug-likeness (QED) is 0.870. The molecule has 0 aliphatic rings. The number of benzene rings is 1. The predicted octanol–water partition coefficient (Wildman–Crippen LogP) is 1.91. The van der Waals surface area contributed by atoms with Gasteiger partial charge in [-0.2, -0.15) is 0 Å². The minimum atomic E-state index is -0.872. The molecule has 0 bridgehead atoms. The van der Waals surface area contributed by atoms with Crippen molar-refractivity contribution in [2.75, 3.05) is 0 Å². The number of fused-ring (bicyclic) bond motifs is 1. The van der Waals surface area contributed by atoms with Crippen molar-refractivity contribution in [3.63, 3.8) is 0 Å². The van der Waals surface area contributed by atoms with Crippen LogP contribution in [0, 0.1) is 0 Å². The number of hydrogen-bond donors (Lipinski definition) is 1. The zero-order chi connectivity index (χ0) is 17.2. The lowest BCUT2D eigenvalue weighted by molar-refractivity contribution is -0.130. The van der Waals surface area contributed by atoms with E-state index < -0.39 is 12.1 Å². The van der Waals surface area contributed by atoms with Crippen molar-refractivity contribution in [2.24, 2.45) is 0 Å². The number of carbonyl (C=O) groups is 2. The van der Waals surface area contributed by atoms with Crippen LogP contribution in [0.3, 0.4) is 0 Å². The number of ether oxygens (including phenoxy) is 1. The summed E-state index contributed by atoms with van der Waals surface area (Å²) < 4.78 is 6.96. The molecule has 0 radical (unpaired) electrons. The van der Waals surface area contributed by atoms with Crippen LogP contribution in [0.25, 0.3) is 11.0 Å². The summed E-state index contributed by atoms with van der Waals surface area (Å²) >= 11 is 0. The summed E-state index contributed by atoms with van der Waals surface area (Å²) in [6.45, 7) is 9.81. The molecule has 2 rings (SSSR count). The van der Waals surface area contributed by atoms with Crippen LogP contribution >= 0.6 is 0 Å². The number of nitrogens with one attached hydrogen (secondary N) is 1. The van der Waals surface area contributed by atoms with E-state index >= 15 is 0 Å². The summed E-state index contributed by atoms with van der Waals surface area (Å²) in [5, 5.41) is 10.8. The van der Waals surface area contributed by atoms with E-state index in [9.17, 15) is 9.59 Å². The third kappa shape index (κ3) is 4.06. The number of carbonyl (C=O) groups excluding carboxylic acids is 2. The molecule has 0 unspecified atom stereocenters. The first-order valence-electron chi connectivity index (χ1n) is 7.57. The normalized spacial score (nSPS) is 12.9. The van der Waals surface area contributed by atoms with Gasteiger partial charge in [0.15, 0.2) is 6.10 Å². The van der Waals surface area contributed by atoms with Gasteiger partial charge in [-0.1, -0.05) is 5.21 Å². The van der Waals surface area contributed by atoms with E-state index in [-0.39, 0.29) is 11.4 Å². The van der Waals surface area contributed by atoms with E-state index in [1.807, 2.05) is 27.7 Å². The number of amides is 1. The maximum Gasteiger partial charge on any atom is 0.338 e. The van der Waals surface area contributed by atoms with E-state index in [4.69, 9.17) is 4.74 Å². The molecule has 1 aromatic heterocycles. The third-order valence-electron chi connectivity index (χ3n) is 3.20. The van der Waals surface area contributed by atoms with Crippen LogP contribution in [0.1, 0.15) is 45.0 Å². The minimum Gasteiger partial charge on any atom is -0.449 e. The number of nitrogens with zero attached hydrogens (tertiary/aromatic N) is 3. The maximum absolute atomic E-state index is 12.2. The van der Waals surface area contributed by atoms with Crippen molar-refractivity contribution in [3.05, 3.63) is 23.8 Å². The second kappa shape index (κ2) is 6.36. The molecule has 0 saturated carbocycles. The summed E-state index contributed by atoms with van der Waals surface area (Å²) in [7, 11) is 0. The Kier molecular flexibility index (Phi) is 4.68. The molecule has 1 heterocycles. The van der Waals surface area contributed by atoms with Crippen molar-refractivity contribution in [1.82, 2.24) is 20.3 Å². The third-order valence-corrected chi connectivity index (χ3v) is 3.20. The smallest absolute Gasteiger partial charge is 0.338 e. The topological polar surface area (TPSA) is 86.1 Å². The first kappa shape index (κ1) is 16.9. The molecule has 23 heavy (non-hydrogen) atoms. The van der Waals surface area contributed by atoms with E-state index in [0.29, 0.717) is 17.6 Å². The van der Waals surface area contributed by atoms with Crippen molar-refractivity contribution in [2.45, 2.75) is 52.8 Å². The molecular formula is C16H22N4O3. The SMILES string of the molecule is CCn1nnc2cc(C(=O)O[C@H](C)C(=O)NC(C)(C)C)ccc21. The molecule has 1 atom stereocenters. The molecule has 0 aliphatic carbocycles. The first-order valence-corrected chi connectivity index (χ1v) is 7.57. The highest BCUT2D eigenvalue weighted by atomic mass is 16.5. The minimum absolute atomic E-state index is 0.330. The highest BCUT2D eigenvalue weighted by molar-refractivity contribution is 5.95. The average Bonchev–Trinajstić information content (AvgIpc) is 2.87. The summed E-state index contributed by atoms with van der Waals surface area (Å²) in [5.41, 5.74) is 1.43. The van der Waals surface area contributed by atoms with Gasteiger partial charge in [-0.25, -0.2) is 9.48 Å². The van der Waals surface area contributed by atoms with Gasteiger partial charge in [0.25, 0.3) is 5.91 Å². The van der Waals surface area contributed by atoms with Crippen LogP contribution in [-0.4, -0.2) is 38.5 Å². The van der Waals surface area contributed by atoms with Gasteiger partial charge >= 0.3 is 5.97 Å². The summed E-state index contributed by atoms with van der Waals surface area (Å²) in [5.74, 6) is -0.890. The maximum atomic E-state index is 12.2. The largest absolute Gasteiger partial charge is 0.449 e. The monoisotopic (exact) mass is 318 g/mol. The van der Waals surface area contributed by atoms with Crippen molar-refractivity contribution in [3.8, 4) is 0 Å². The van der Waals surface area contributed by atoms with E-state index in [1.165, 1.54) is 0 Å². The van der Waals surface area contributed by atoms with Crippen LogP contribution in [-0.2, 0) is 16.1 Å². The Bertz CT molecular complexity index is 730. The van der Waals surface area contributed by atoms with E-state index in [2.05, 4.69) is 15.6 Å². The van der Waals surface area contributed by atoms with Gasteiger partial charge in [0.05, 0.1) is 11.1 Å².